The van der Waals surface area contributed by atoms with E-state index in [1.165, 1.54) is 0 Å². The summed E-state index contributed by atoms with van der Waals surface area (Å²) < 4.78 is 2.07. The van der Waals surface area contributed by atoms with Crippen molar-refractivity contribution < 1.29 is 4.79 Å². The average molecular weight is 492 g/mol. The van der Waals surface area contributed by atoms with E-state index in [0.29, 0.717) is 25.2 Å². The van der Waals surface area contributed by atoms with Crippen molar-refractivity contribution in [2.45, 2.75) is 39.3 Å². The first-order valence-corrected chi connectivity index (χ1v) is 12.4. The Morgan fingerprint density at radius 2 is 1.70 bits per heavy atom. The Labute approximate surface area is 215 Å². The Kier molecular flexibility index (Phi) is 6.94. The van der Waals surface area contributed by atoms with Gasteiger partial charge in [0, 0.05) is 36.4 Å². The minimum Gasteiger partial charge on any atom is -0.343 e. The van der Waals surface area contributed by atoms with Gasteiger partial charge >= 0.3 is 0 Å². The van der Waals surface area contributed by atoms with E-state index in [1.54, 1.807) is 18.5 Å². The first kappa shape index (κ1) is 24.2. The highest BCUT2D eigenvalue weighted by atomic mass is 16.2. The predicted molar refractivity (Wildman–Crippen MR) is 145 cm³/mol. The zero-order valence-corrected chi connectivity index (χ0v) is 20.9. The molecule has 3 heterocycles. The summed E-state index contributed by atoms with van der Waals surface area (Å²) in [6.07, 6.45) is 4.76. The molecule has 7 heteroatoms. The monoisotopic (exact) mass is 491 g/mol. The molecule has 2 N–H and O–H groups in total. The van der Waals surface area contributed by atoms with Gasteiger partial charge in [-0.15, -0.1) is 0 Å². The molecule has 0 bridgehead atoms. The molecular weight excluding hydrogens is 462 g/mol. The summed E-state index contributed by atoms with van der Waals surface area (Å²) in [4.78, 5) is 38.9. The van der Waals surface area contributed by atoms with Gasteiger partial charge in [-0.1, -0.05) is 42.5 Å². The van der Waals surface area contributed by atoms with Gasteiger partial charge in [-0.3, -0.25) is 14.6 Å². The molecule has 5 aromatic rings. The third-order valence-corrected chi connectivity index (χ3v) is 6.60. The molecule has 1 amide bonds. The Morgan fingerprint density at radius 3 is 2.46 bits per heavy atom. The van der Waals surface area contributed by atoms with Crippen LogP contribution in [0.15, 0.2) is 90.0 Å². The summed E-state index contributed by atoms with van der Waals surface area (Å²) in [5, 5.41) is 3.01. The number of H-pyrrole nitrogens is 1. The van der Waals surface area contributed by atoms with Crippen LogP contribution in [0.4, 0.5) is 0 Å². The van der Waals surface area contributed by atoms with Crippen LogP contribution in [-0.2, 0) is 19.4 Å². The van der Waals surface area contributed by atoms with Gasteiger partial charge in [-0.2, -0.15) is 0 Å². The zero-order chi connectivity index (χ0) is 25.8. The summed E-state index contributed by atoms with van der Waals surface area (Å²) in [7, 11) is 0. The van der Waals surface area contributed by atoms with Gasteiger partial charge in [0.05, 0.1) is 17.1 Å². The zero-order valence-electron chi connectivity index (χ0n) is 20.9. The molecule has 0 aliphatic carbocycles. The van der Waals surface area contributed by atoms with Crippen molar-refractivity contribution in [3.8, 4) is 0 Å². The molecule has 0 radical (unpaired) electrons. The second-order valence-electron chi connectivity index (χ2n) is 9.23. The number of carbonyl (C=O) groups is 1. The maximum Gasteiger partial charge on any atom is 0.257 e. The third kappa shape index (κ3) is 5.35. The number of pyridine rings is 2. The number of nitrogens with zero attached hydrogens (tertiary/aromatic N) is 3. The summed E-state index contributed by atoms with van der Waals surface area (Å²) in [5.74, 6) is 0.245. The van der Waals surface area contributed by atoms with Crippen molar-refractivity contribution in [2.24, 2.45) is 0 Å². The number of para-hydroxylation sites is 2. The van der Waals surface area contributed by atoms with Gasteiger partial charge in [0.1, 0.15) is 11.4 Å². The van der Waals surface area contributed by atoms with Crippen molar-refractivity contribution in [3.05, 3.63) is 129 Å². The van der Waals surface area contributed by atoms with E-state index in [0.717, 1.165) is 33.5 Å². The van der Waals surface area contributed by atoms with Gasteiger partial charge in [0.15, 0.2) is 5.43 Å². The summed E-state index contributed by atoms with van der Waals surface area (Å²) in [6.45, 7) is 4.31. The molecule has 1 unspecified atom stereocenters. The largest absolute Gasteiger partial charge is 0.343 e. The maximum absolute atomic E-state index is 13.6. The molecule has 0 saturated heterocycles. The topological polar surface area (TPSA) is 92.7 Å². The molecule has 3 aromatic heterocycles. The molecule has 0 saturated carbocycles. The first-order valence-electron chi connectivity index (χ1n) is 12.4. The van der Waals surface area contributed by atoms with E-state index in [4.69, 9.17) is 0 Å². The number of fused-ring (bicyclic) bond motifs is 1. The standard InChI is InChI=1S/C30H29N5O2/c1-20-18-27(36)28(30(37)32-21(2)29-33-24-10-6-7-11-25(24)34-29)26(13-12-22-8-4-3-5-9-22)35(20)19-23-14-16-31-17-15-23/h3-11,14-18,21H,12-13,19H2,1-2H3,(H,32,37)(H,33,34). The second kappa shape index (κ2) is 10.6. The molecule has 7 nitrogen and oxygen atoms in total. The van der Waals surface area contributed by atoms with E-state index in [9.17, 15) is 9.59 Å². The van der Waals surface area contributed by atoms with Crippen molar-refractivity contribution in [2.75, 3.05) is 0 Å². The summed E-state index contributed by atoms with van der Waals surface area (Å²) in [6, 6.07) is 22.9. The van der Waals surface area contributed by atoms with Crippen molar-refractivity contribution in [1.82, 2.24) is 24.8 Å². The number of imidazole rings is 1. The number of hydrogen-bond acceptors (Lipinski definition) is 4. The van der Waals surface area contributed by atoms with Crippen molar-refractivity contribution in [3.63, 3.8) is 0 Å². The first-order chi connectivity index (χ1) is 18.0. The van der Waals surface area contributed by atoms with E-state index in [1.807, 2.05) is 68.4 Å². The average Bonchev–Trinajstić information content (AvgIpc) is 3.35. The van der Waals surface area contributed by atoms with Gasteiger partial charge in [-0.25, -0.2) is 4.98 Å². The lowest BCUT2D eigenvalue weighted by Crippen LogP contribution is -2.35. The number of aryl methyl sites for hydroxylation is 2. The number of aromatic amines is 1. The lowest BCUT2D eigenvalue weighted by molar-refractivity contribution is 0.0935. The lowest BCUT2D eigenvalue weighted by atomic mass is 10.0. The number of rotatable bonds is 8. The van der Waals surface area contributed by atoms with Crippen LogP contribution in [0.25, 0.3) is 11.0 Å². The molecular formula is C30H29N5O2. The number of nitrogens with one attached hydrogen (secondary N) is 2. The fourth-order valence-electron chi connectivity index (χ4n) is 4.65. The maximum atomic E-state index is 13.6. The lowest BCUT2D eigenvalue weighted by Gasteiger charge is -2.21. The van der Waals surface area contributed by atoms with Crippen LogP contribution in [0.5, 0.6) is 0 Å². The van der Waals surface area contributed by atoms with E-state index in [2.05, 4.69) is 37.0 Å². The number of aromatic nitrogens is 4. The number of carbonyl (C=O) groups excluding carboxylic acids is 1. The quantitative estimate of drug-likeness (QED) is 0.328. The SMILES string of the molecule is Cc1cc(=O)c(C(=O)NC(C)c2nc3ccccc3[nH]2)c(CCc2ccccc2)n1Cc1ccncc1. The molecule has 5 rings (SSSR count). The van der Waals surface area contributed by atoms with Crippen LogP contribution < -0.4 is 10.7 Å². The predicted octanol–water partition coefficient (Wildman–Crippen LogP) is 4.75. The Morgan fingerprint density at radius 1 is 0.973 bits per heavy atom. The minimum absolute atomic E-state index is 0.179. The minimum atomic E-state index is -0.406. The summed E-state index contributed by atoms with van der Waals surface area (Å²) in [5.41, 5.74) is 5.36. The molecule has 2 aromatic carbocycles. The highest BCUT2D eigenvalue weighted by Gasteiger charge is 2.23. The fraction of sp³-hybridized carbons (Fsp3) is 0.200. The smallest absolute Gasteiger partial charge is 0.257 e. The highest BCUT2D eigenvalue weighted by molar-refractivity contribution is 5.95. The Bertz CT molecular complexity index is 1560. The molecule has 0 aliphatic rings. The second-order valence-corrected chi connectivity index (χ2v) is 9.23. The number of hydrogen-bond donors (Lipinski definition) is 2. The fourth-order valence-corrected chi connectivity index (χ4v) is 4.65. The normalized spacial score (nSPS) is 11.9. The van der Waals surface area contributed by atoms with Gasteiger partial charge in [-0.05, 0) is 62.1 Å². The summed E-state index contributed by atoms with van der Waals surface area (Å²) >= 11 is 0. The molecule has 1 atom stereocenters. The molecule has 0 spiro atoms. The third-order valence-electron chi connectivity index (χ3n) is 6.60. The van der Waals surface area contributed by atoms with Crippen LogP contribution in [0.1, 0.15) is 51.7 Å². The highest BCUT2D eigenvalue weighted by Crippen LogP contribution is 2.19. The van der Waals surface area contributed by atoms with E-state index >= 15 is 0 Å². The van der Waals surface area contributed by atoms with Crippen LogP contribution in [-0.4, -0.2) is 25.4 Å². The van der Waals surface area contributed by atoms with Crippen LogP contribution in [0.2, 0.25) is 0 Å². The van der Waals surface area contributed by atoms with Gasteiger partial charge in [0.2, 0.25) is 0 Å². The van der Waals surface area contributed by atoms with Crippen molar-refractivity contribution in [1.29, 1.82) is 0 Å². The van der Waals surface area contributed by atoms with Crippen LogP contribution in [0, 0.1) is 6.92 Å². The molecule has 0 fully saturated rings. The molecule has 0 aliphatic heterocycles. The Hall–Kier alpha value is -4.52. The van der Waals surface area contributed by atoms with E-state index < -0.39 is 11.9 Å². The molecule has 186 valence electrons. The number of benzene rings is 2. The Balaban J connectivity index is 1.51. The van der Waals surface area contributed by atoms with Gasteiger partial charge < -0.3 is 14.9 Å². The van der Waals surface area contributed by atoms with Gasteiger partial charge in [0.25, 0.3) is 5.91 Å². The molecule has 37 heavy (non-hydrogen) atoms. The van der Waals surface area contributed by atoms with Crippen LogP contribution >= 0.6 is 0 Å². The van der Waals surface area contributed by atoms with E-state index in [-0.39, 0.29) is 11.0 Å². The number of amides is 1. The van der Waals surface area contributed by atoms with Crippen molar-refractivity contribution >= 4 is 16.9 Å². The van der Waals surface area contributed by atoms with Crippen LogP contribution in [0.3, 0.4) is 0 Å².